The van der Waals surface area contributed by atoms with Gasteiger partial charge >= 0.3 is 0 Å². The molecule has 0 saturated carbocycles. The molecule has 0 spiro atoms. The van der Waals surface area contributed by atoms with Crippen LogP contribution in [0.15, 0.2) is 42.6 Å². The van der Waals surface area contributed by atoms with Crippen molar-refractivity contribution >= 4 is 11.5 Å². The average molecular weight is 289 g/mol. The molecule has 1 aromatic heterocycles. The number of para-hydroxylation sites is 1. The lowest BCUT2D eigenvalue weighted by atomic mass is 10.2. The van der Waals surface area contributed by atoms with Crippen LogP contribution in [-0.4, -0.2) is 32.3 Å². The second-order valence-corrected chi connectivity index (χ2v) is 4.67. The third-order valence-corrected chi connectivity index (χ3v) is 3.20. The molecule has 0 atom stereocenters. The van der Waals surface area contributed by atoms with Gasteiger partial charge < -0.3 is 15.0 Å². The Labute approximate surface area is 124 Å². The van der Waals surface area contributed by atoms with E-state index in [2.05, 4.69) is 10.3 Å². The first-order valence-corrected chi connectivity index (χ1v) is 6.86. The number of methoxy groups -OCH3 is 1. The summed E-state index contributed by atoms with van der Waals surface area (Å²) in [5.41, 5.74) is 1.52. The van der Waals surface area contributed by atoms with Crippen molar-refractivity contribution in [3.63, 3.8) is 0 Å². The van der Waals surface area contributed by atoms with Crippen LogP contribution in [0.1, 0.15) is 5.56 Å². The highest BCUT2D eigenvalue weighted by Crippen LogP contribution is 2.26. The van der Waals surface area contributed by atoms with Crippen LogP contribution in [0.2, 0.25) is 0 Å². The molecule has 5 heteroatoms. The van der Waals surface area contributed by atoms with Crippen molar-refractivity contribution in [2.24, 2.45) is 0 Å². The Kier molecular flexibility index (Phi) is 5.66. The Bertz CT molecular complexity index is 577. The summed E-state index contributed by atoms with van der Waals surface area (Å²) in [6, 6.07) is 10.6. The first-order valence-electron chi connectivity index (χ1n) is 6.86. The summed E-state index contributed by atoms with van der Waals surface area (Å²) in [4.78, 5) is 6.15. The highest BCUT2D eigenvalue weighted by atomic mass is 19.1. The largest absolute Gasteiger partial charge is 0.383 e. The van der Waals surface area contributed by atoms with Crippen LogP contribution in [0.5, 0.6) is 0 Å². The maximum Gasteiger partial charge on any atom is 0.146 e. The van der Waals surface area contributed by atoms with E-state index >= 15 is 0 Å². The van der Waals surface area contributed by atoms with Gasteiger partial charge in [-0.3, -0.25) is 0 Å². The van der Waals surface area contributed by atoms with Crippen molar-refractivity contribution in [2.75, 3.05) is 32.2 Å². The van der Waals surface area contributed by atoms with Crippen LogP contribution < -0.4 is 10.2 Å². The van der Waals surface area contributed by atoms with Crippen LogP contribution in [0.25, 0.3) is 0 Å². The maximum absolute atomic E-state index is 13.9. The quantitative estimate of drug-likeness (QED) is 0.795. The fourth-order valence-electron chi connectivity index (χ4n) is 2.11. The van der Waals surface area contributed by atoms with Gasteiger partial charge in [-0.25, -0.2) is 9.37 Å². The number of aromatic nitrogens is 1. The second-order valence-electron chi connectivity index (χ2n) is 4.67. The Hall–Kier alpha value is -1.98. The summed E-state index contributed by atoms with van der Waals surface area (Å²) in [6.07, 6.45) is 1.71. The van der Waals surface area contributed by atoms with Crippen LogP contribution in [0, 0.1) is 5.82 Å². The van der Waals surface area contributed by atoms with E-state index in [4.69, 9.17) is 4.74 Å². The van der Waals surface area contributed by atoms with E-state index in [0.29, 0.717) is 18.8 Å². The summed E-state index contributed by atoms with van der Waals surface area (Å²) in [7, 11) is 3.49. The predicted molar refractivity (Wildman–Crippen MR) is 82.3 cm³/mol. The van der Waals surface area contributed by atoms with E-state index in [0.717, 1.165) is 17.9 Å². The molecule has 1 heterocycles. The van der Waals surface area contributed by atoms with Crippen molar-refractivity contribution in [1.29, 1.82) is 0 Å². The highest BCUT2D eigenvalue weighted by Gasteiger charge is 2.13. The van der Waals surface area contributed by atoms with Gasteiger partial charge in [0, 0.05) is 39.0 Å². The van der Waals surface area contributed by atoms with Gasteiger partial charge in [0.25, 0.3) is 0 Å². The minimum atomic E-state index is -0.260. The fourth-order valence-corrected chi connectivity index (χ4v) is 2.11. The summed E-state index contributed by atoms with van der Waals surface area (Å²) in [5, 5.41) is 3.28. The van der Waals surface area contributed by atoms with E-state index in [1.54, 1.807) is 30.3 Å². The summed E-state index contributed by atoms with van der Waals surface area (Å²) < 4.78 is 18.9. The molecule has 0 aliphatic heterocycles. The lowest BCUT2D eigenvalue weighted by Gasteiger charge is -2.21. The Morgan fingerprint density at radius 1 is 1.24 bits per heavy atom. The van der Waals surface area contributed by atoms with Gasteiger partial charge in [-0.1, -0.05) is 18.2 Å². The standard InChI is InChI=1S/C16H20FN3O/c1-20(15-8-4-3-7-14(15)17)16-13(6-5-9-19-16)12-18-10-11-21-2/h3-9,18H,10-12H2,1-2H3. The molecule has 0 bridgehead atoms. The lowest BCUT2D eigenvalue weighted by Crippen LogP contribution is -2.21. The van der Waals surface area contributed by atoms with Gasteiger partial charge in [-0.05, 0) is 18.2 Å². The molecule has 4 nitrogen and oxygen atoms in total. The summed E-state index contributed by atoms with van der Waals surface area (Å²) in [5.74, 6) is 0.483. The molecule has 1 aromatic carbocycles. The normalized spacial score (nSPS) is 10.6. The number of anilines is 2. The first kappa shape index (κ1) is 15.4. The van der Waals surface area contributed by atoms with Crippen molar-refractivity contribution in [2.45, 2.75) is 6.54 Å². The molecule has 112 valence electrons. The SMILES string of the molecule is COCCNCc1cccnc1N(C)c1ccccc1F. The second kappa shape index (κ2) is 7.71. The van der Waals surface area contributed by atoms with Gasteiger partial charge in [0.1, 0.15) is 11.6 Å². The van der Waals surface area contributed by atoms with Crippen LogP contribution in [0.4, 0.5) is 15.9 Å². The van der Waals surface area contributed by atoms with Gasteiger partial charge in [0.05, 0.1) is 12.3 Å². The minimum absolute atomic E-state index is 0.260. The molecule has 0 unspecified atom stereocenters. The van der Waals surface area contributed by atoms with E-state index in [-0.39, 0.29) is 5.82 Å². The Morgan fingerprint density at radius 2 is 2.05 bits per heavy atom. The zero-order valence-corrected chi connectivity index (χ0v) is 12.3. The summed E-state index contributed by atoms with van der Waals surface area (Å²) in [6.45, 7) is 2.07. The van der Waals surface area contributed by atoms with Crippen LogP contribution in [0.3, 0.4) is 0 Å². The topological polar surface area (TPSA) is 37.4 Å². The van der Waals surface area contributed by atoms with Crippen molar-refractivity contribution in [1.82, 2.24) is 10.3 Å². The third kappa shape index (κ3) is 4.00. The summed E-state index contributed by atoms with van der Waals surface area (Å²) >= 11 is 0. The monoisotopic (exact) mass is 289 g/mol. The van der Waals surface area contributed by atoms with E-state index < -0.39 is 0 Å². The van der Waals surface area contributed by atoms with Crippen molar-refractivity contribution < 1.29 is 9.13 Å². The molecule has 0 fully saturated rings. The molecule has 0 aliphatic carbocycles. The smallest absolute Gasteiger partial charge is 0.146 e. The maximum atomic E-state index is 13.9. The minimum Gasteiger partial charge on any atom is -0.383 e. The number of benzene rings is 1. The third-order valence-electron chi connectivity index (χ3n) is 3.20. The number of hydrogen-bond donors (Lipinski definition) is 1. The van der Waals surface area contributed by atoms with Gasteiger partial charge in [0.2, 0.25) is 0 Å². The van der Waals surface area contributed by atoms with Crippen LogP contribution >= 0.6 is 0 Å². The van der Waals surface area contributed by atoms with Crippen molar-refractivity contribution in [3.05, 3.63) is 54.0 Å². The van der Waals surface area contributed by atoms with E-state index in [1.807, 2.05) is 25.2 Å². The molecule has 2 rings (SSSR count). The van der Waals surface area contributed by atoms with Gasteiger partial charge in [0.15, 0.2) is 0 Å². The van der Waals surface area contributed by atoms with Gasteiger partial charge in [-0.15, -0.1) is 0 Å². The number of ether oxygens (including phenoxy) is 1. The molecule has 0 saturated heterocycles. The molecule has 0 amide bonds. The zero-order chi connectivity index (χ0) is 15.1. The fraction of sp³-hybridized carbons (Fsp3) is 0.312. The van der Waals surface area contributed by atoms with Gasteiger partial charge in [-0.2, -0.15) is 0 Å². The molecule has 2 aromatic rings. The molecular weight excluding hydrogens is 269 g/mol. The molecule has 0 radical (unpaired) electrons. The highest BCUT2D eigenvalue weighted by molar-refractivity contribution is 5.62. The van der Waals surface area contributed by atoms with Crippen LogP contribution in [-0.2, 0) is 11.3 Å². The Morgan fingerprint density at radius 3 is 2.81 bits per heavy atom. The number of rotatable bonds is 7. The average Bonchev–Trinajstić information content (AvgIpc) is 2.52. The molecule has 1 N–H and O–H groups in total. The van der Waals surface area contributed by atoms with E-state index in [9.17, 15) is 4.39 Å². The molecule has 0 aliphatic rings. The number of nitrogens with zero attached hydrogens (tertiary/aromatic N) is 2. The predicted octanol–water partition coefficient (Wildman–Crippen LogP) is 2.72. The van der Waals surface area contributed by atoms with Crippen molar-refractivity contribution in [3.8, 4) is 0 Å². The van der Waals surface area contributed by atoms with E-state index in [1.165, 1.54) is 6.07 Å². The lowest BCUT2D eigenvalue weighted by molar-refractivity contribution is 0.199. The Balaban J connectivity index is 2.17. The number of halogens is 1. The number of pyridine rings is 1. The molecular formula is C16H20FN3O. The number of nitrogens with one attached hydrogen (secondary N) is 1. The zero-order valence-electron chi connectivity index (χ0n) is 12.3. The number of hydrogen-bond acceptors (Lipinski definition) is 4. The first-order chi connectivity index (χ1) is 10.2. The molecule has 21 heavy (non-hydrogen) atoms.